The molecule has 2 aromatic rings. The number of carboxylic acid groups (broad SMARTS) is 1. The summed E-state index contributed by atoms with van der Waals surface area (Å²) in [5, 5.41) is 18.3. The van der Waals surface area contributed by atoms with Crippen LogP contribution in [0.3, 0.4) is 0 Å². The molecule has 0 radical (unpaired) electrons. The van der Waals surface area contributed by atoms with Crippen LogP contribution >= 0.6 is 0 Å². The Morgan fingerprint density at radius 3 is 2.45 bits per heavy atom. The van der Waals surface area contributed by atoms with E-state index >= 15 is 0 Å². The van der Waals surface area contributed by atoms with Crippen molar-refractivity contribution in [2.24, 2.45) is 0 Å². The smallest absolute Gasteiger partial charge is 0.337 e. The lowest BCUT2D eigenvalue weighted by Gasteiger charge is -2.12. The summed E-state index contributed by atoms with van der Waals surface area (Å²) < 4.78 is 0. The molecule has 0 aliphatic heterocycles. The number of hydrogen-bond acceptors (Lipinski definition) is 3. The highest BCUT2D eigenvalue weighted by atomic mass is 16.4. The number of hydrogen-bond donors (Lipinski definition) is 3. The second kappa shape index (κ2) is 5.16. The van der Waals surface area contributed by atoms with Crippen molar-refractivity contribution in [3.05, 3.63) is 46.3 Å². The molecule has 0 saturated carbocycles. The van der Waals surface area contributed by atoms with Crippen molar-refractivity contribution < 1.29 is 14.7 Å². The van der Waals surface area contributed by atoms with E-state index in [1.807, 2.05) is 13.0 Å². The molecule has 0 atom stereocenters. The molecule has 2 rings (SSSR count). The van der Waals surface area contributed by atoms with Gasteiger partial charge in [0.15, 0.2) is 0 Å². The molecule has 1 aromatic carbocycles. The highest BCUT2D eigenvalue weighted by Gasteiger charge is 2.18. The number of anilines is 1. The molecule has 20 heavy (non-hydrogen) atoms. The number of H-pyrrole nitrogens is 1. The first kappa shape index (κ1) is 13.8. The van der Waals surface area contributed by atoms with Gasteiger partial charge in [-0.1, -0.05) is 6.07 Å². The predicted molar refractivity (Wildman–Crippen MR) is 74.2 cm³/mol. The summed E-state index contributed by atoms with van der Waals surface area (Å²) in [6, 6.07) is 3.36. The Kier molecular flexibility index (Phi) is 3.56. The molecule has 1 amide bonds. The van der Waals surface area contributed by atoms with E-state index in [0.29, 0.717) is 22.5 Å². The quantitative estimate of drug-likeness (QED) is 0.799. The monoisotopic (exact) mass is 273 g/mol. The fourth-order valence-corrected chi connectivity index (χ4v) is 2.06. The fourth-order valence-electron chi connectivity index (χ4n) is 2.06. The number of nitrogens with zero attached hydrogens (tertiary/aromatic N) is 1. The van der Waals surface area contributed by atoms with Crippen LogP contribution in [0.2, 0.25) is 0 Å². The molecule has 0 aliphatic carbocycles. The Balaban J connectivity index is 2.41. The average Bonchev–Trinajstić information content (AvgIpc) is 2.78. The van der Waals surface area contributed by atoms with Crippen molar-refractivity contribution >= 4 is 17.6 Å². The molecule has 6 heteroatoms. The van der Waals surface area contributed by atoms with Gasteiger partial charge in [-0.2, -0.15) is 5.10 Å². The normalized spacial score (nSPS) is 10.3. The lowest BCUT2D eigenvalue weighted by atomic mass is 10.0. The summed E-state index contributed by atoms with van der Waals surface area (Å²) >= 11 is 0. The summed E-state index contributed by atoms with van der Waals surface area (Å²) in [6.07, 6.45) is 1.41. The molecule has 1 aromatic heterocycles. The third-order valence-corrected chi connectivity index (χ3v) is 3.02. The van der Waals surface area contributed by atoms with Gasteiger partial charge in [-0.25, -0.2) is 4.79 Å². The fraction of sp³-hybridized carbons (Fsp3) is 0.214. The zero-order valence-electron chi connectivity index (χ0n) is 11.4. The molecule has 0 fully saturated rings. The van der Waals surface area contributed by atoms with E-state index in [4.69, 9.17) is 0 Å². The van der Waals surface area contributed by atoms with Gasteiger partial charge in [0, 0.05) is 5.69 Å². The van der Waals surface area contributed by atoms with Gasteiger partial charge in [-0.15, -0.1) is 0 Å². The van der Waals surface area contributed by atoms with Crippen molar-refractivity contribution in [2.75, 3.05) is 5.32 Å². The third kappa shape index (κ3) is 2.54. The first-order valence-electron chi connectivity index (χ1n) is 6.06. The van der Waals surface area contributed by atoms with E-state index in [9.17, 15) is 14.7 Å². The standard InChI is InChI=1S/C14H15N3O3/c1-7-4-8(2)12(10(5-7)14(19)20)16-13(18)11-6-15-17-9(11)3/h4-6H,1-3H3,(H,15,17)(H,16,18)(H,19,20). The van der Waals surface area contributed by atoms with E-state index in [1.165, 1.54) is 12.3 Å². The number of aromatic amines is 1. The third-order valence-electron chi connectivity index (χ3n) is 3.02. The average molecular weight is 273 g/mol. The molecule has 1 heterocycles. The maximum Gasteiger partial charge on any atom is 0.337 e. The summed E-state index contributed by atoms with van der Waals surface area (Å²) in [5.41, 5.74) is 2.95. The van der Waals surface area contributed by atoms with Crippen molar-refractivity contribution in [3.8, 4) is 0 Å². The summed E-state index contributed by atoms with van der Waals surface area (Å²) in [5.74, 6) is -1.46. The van der Waals surface area contributed by atoms with Crippen molar-refractivity contribution in [2.45, 2.75) is 20.8 Å². The van der Waals surface area contributed by atoms with E-state index in [0.717, 1.165) is 5.56 Å². The highest BCUT2D eigenvalue weighted by molar-refractivity contribution is 6.08. The summed E-state index contributed by atoms with van der Waals surface area (Å²) in [4.78, 5) is 23.4. The Bertz CT molecular complexity index is 689. The van der Waals surface area contributed by atoms with Gasteiger partial charge in [0.25, 0.3) is 5.91 Å². The zero-order chi connectivity index (χ0) is 14.9. The number of benzene rings is 1. The summed E-state index contributed by atoms with van der Waals surface area (Å²) in [6.45, 7) is 5.30. The van der Waals surface area contributed by atoms with E-state index in [1.54, 1.807) is 13.8 Å². The molecule has 0 spiro atoms. The van der Waals surface area contributed by atoms with Crippen LogP contribution in [0.5, 0.6) is 0 Å². The van der Waals surface area contributed by atoms with Crippen molar-refractivity contribution in [3.63, 3.8) is 0 Å². The predicted octanol–water partition coefficient (Wildman–Crippen LogP) is 2.29. The van der Waals surface area contributed by atoms with Crippen LogP contribution in [-0.4, -0.2) is 27.2 Å². The van der Waals surface area contributed by atoms with Gasteiger partial charge in [-0.3, -0.25) is 9.89 Å². The SMILES string of the molecule is Cc1cc(C)c(NC(=O)c2cn[nH]c2C)c(C(=O)O)c1. The molecule has 0 saturated heterocycles. The van der Waals surface area contributed by atoms with Gasteiger partial charge in [0.1, 0.15) is 0 Å². The van der Waals surface area contributed by atoms with Crippen LogP contribution < -0.4 is 5.32 Å². The number of nitrogens with one attached hydrogen (secondary N) is 2. The maximum atomic E-state index is 12.1. The second-order valence-corrected chi connectivity index (χ2v) is 4.67. The van der Waals surface area contributed by atoms with E-state index in [-0.39, 0.29) is 11.5 Å². The van der Waals surface area contributed by atoms with Gasteiger partial charge in [-0.05, 0) is 38.0 Å². The number of carbonyl (C=O) groups excluding carboxylic acids is 1. The number of carbonyl (C=O) groups is 2. The van der Waals surface area contributed by atoms with Crippen LogP contribution in [0.25, 0.3) is 0 Å². The Morgan fingerprint density at radius 1 is 1.20 bits per heavy atom. The molecule has 3 N–H and O–H groups in total. The zero-order valence-corrected chi connectivity index (χ0v) is 11.4. The topological polar surface area (TPSA) is 95.1 Å². The molecule has 0 unspecified atom stereocenters. The molecular weight excluding hydrogens is 258 g/mol. The van der Waals surface area contributed by atoms with Crippen LogP contribution in [0.4, 0.5) is 5.69 Å². The Labute approximate surface area is 115 Å². The second-order valence-electron chi connectivity index (χ2n) is 4.67. The lowest BCUT2D eigenvalue weighted by Crippen LogP contribution is -2.16. The number of amides is 1. The first-order chi connectivity index (χ1) is 9.40. The highest BCUT2D eigenvalue weighted by Crippen LogP contribution is 2.23. The van der Waals surface area contributed by atoms with Gasteiger partial charge in [0.05, 0.1) is 23.0 Å². The van der Waals surface area contributed by atoms with E-state index < -0.39 is 5.97 Å². The van der Waals surface area contributed by atoms with Crippen molar-refractivity contribution in [1.29, 1.82) is 0 Å². The van der Waals surface area contributed by atoms with Gasteiger partial charge in [0.2, 0.25) is 0 Å². The molecule has 104 valence electrons. The Hall–Kier alpha value is -2.63. The van der Waals surface area contributed by atoms with E-state index in [2.05, 4.69) is 15.5 Å². The molecule has 6 nitrogen and oxygen atoms in total. The van der Waals surface area contributed by atoms with Crippen molar-refractivity contribution in [1.82, 2.24) is 10.2 Å². The van der Waals surface area contributed by atoms with Gasteiger partial charge >= 0.3 is 5.97 Å². The lowest BCUT2D eigenvalue weighted by molar-refractivity contribution is 0.0698. The summed E-state index contributed by atoms with van der Waals surface area (Å²) in [7, 11) is 0. The molecule has 0 bridgehead atoms. The van der Waals surface area contributed by atoms with Crippen LogP contribution in [0, 0.1) is 20.8 Å². The number of carboxylic acids is 1. The number of rotatable bonds is 3. The largest absolute Gasteiger partial charge is 0.478 e. The van der Waals surface area contributed by atoms with Crippen LogP contribution in [-0.2, 0) is 0 Å². The minimum absolute atomic E-state index is 0.0806. The minimum atomic E-state index is -1.07. The number of aromatic nitrogens is 2. The molecular formula is C14H15N3O3. The molecule has 0 aliphatic rings. The Morgan fingerprint density at radius 2 is 1.90 bits per heavy atom. The van der Waals surface area contributed by atoms with Crippen LogP contribution in [0.15, 0.2) is 18.3 Å². The number of aryl methyl sites for hydroxylation is 3. The van der Waals surface area contributed by atoms with Gasteiger partial charge < -0.3 is 10.4 Å². The van der Waals surface area contributed by atoms with Crippen LogP contribution in [0.1, 0.15) is 37.5 Å². The maximum absolute atomic E-state index is 12.1. The minimum Gasteiger partial charge on any atom is -0.478 e. The number of aromatic carboxylic acids is 1. The first-order valence-corrected chi connectivity index (χ1v) is 6.06.